The molecule has 0 aromatic heterocycles. The summed E-state index contributed by atoms with van der Waals surface area (Å²) < 4.78 is 5.23. The molecule has 1 aromatic carbocycles. The topological polar surface area (TPSA) is 12.5 Å². The number of benzene rings is 1. The fourth-order valence-electron chi connectivity index (χ4n) is 2.47. The van der Waals surface area contributed by atoms with E-state index in [0.29, 0.717) is 11.8 Å². The molecule has 1 unspecified atom stereocenters. The zero-order valence-electron chi connectivity index (χ0n) is 10.6. The molecule has 0 spiro atoms. The number of ether oxygens (including phenoxy) is 1. The second-order valence-corrected chi connectivity index (χ2v) is 5.07. The van der Waals surface area contributed by atoms with Crippen LogP contribution in [0.25, 0.3) is 0 Å². The average Bonchev–Trinajstić information content (AvgIpc) is 2.78. The Kier molecular flexibility index (Phi) is 4.30. The van der Waals surface area contributed by atoms with Gasteiger partial charge in [-0.25, -0.2) is 0 Å². The smallest absolute Gasteiger partial charge is 0.0508 e. The van der Waals surface area contributed by atoms with E-state index >= 15 is 0 Å². The highest BCUT2D eigenvalue weighted by molar-refractivity contribution is 6.17. The molecule has 2 rings (SSSR count). The molecule has 0 amide bonds. The SMILES string of the molecule is COCC1CCN(c2ccc(CCl)c(C)c2)C1. The van der Waals surface area contributed by atoms with Crippen molar-refractivity contribution in [3.63, 3.8) is 0 Å². The standard InChI is InChI=1S/C14H20ClNO/c1-11-7-14(4-3-13(11)8-15)16-6-5-12(9-16)10-17-2/h3-4,7,12H,5-6,8-10H2,1-2H3. The normalized spacial score (nSPS) is 19.9. The number of anilines is 1. The number of aryl methyl sites for hydroxylation is 1. The molecule has 1 saturated heterocycles. The van der Waals surface area contributed by atoms with Crippen molar-refractivity contribution in [3.8, 4) is 0 Å². The lowest BCUT2D eigenvalue weighted by molar-refractivity contribution is 0.161. The van der Waals surface area contributed by atoms with Crippen molar-refractivity contribution < 1.29 is 4.74 Å². The molecule has 1 aliphatic rings. The summed E-state index contributed by atoms with van der Waals surface area (Å²) in [5.41, 5.74) is 3.82. The average molecular weight is 254 g/mol. The summed E-state index contributed by atoms with van der Waals surface area (Å²) in [4.78, 5) is 2.44. The number of hydrogen-bond acceptors (Lipinski definition) is 2. The maximum atomic E-state index is 5.88. The molecule has 1 fully saturated rings. The van der Waals surface area contributed by atoms with E-state index in [1.165, 1.54) is 23.2 Å². The van der Waals surface area contributed by atoms with Gasteiger partial charge in [0.05, 0.1) is 6.61 Å². The Hall–Kier alpha value is -0.730. The number of methoxy groups -OCH3 is 1. The molecule has 17 heavy (non-hydrogen) atoms. The van der Waals surface area contributed by atoms with E-state index in [1.54, 1.807) is 7.11 Å². The molecule has 0 aliphatic carbocycles. The van der Waals surface area contributed by atoms with E-state index in [4.69, 9.17) is 16.3 Å². The number of rotatable bonds is 4. The number of nitrogens with zero attached hydrogens (tertiary/aromatic N) is 1. The van der Waals surface area contributed by atoms with Crippen molar-refractivity contribution >= 4 is 17.3 Å². The third kappa shape index (κ3) is 2.93. The molecule has 0 N–H and O–H groups in total. The van der Waals surface area contributed by atoms with Crippen LogP contribution < -0.4 is 4.90 Å². The van der Waals surface area contributed by atoms with E-state index in [2.05, 4.69) is 30.0 Å². The van der Waals surface area contributed by atoms with Crippen LogP contribution in [0.15, 0.2) is 18.2 Å². The monoisotopic (exact) mass is 253 g/mol. The summed E-state index contributed by atoms with van der Waals surface area (Å²) in [6, 6.07) is 6.56. The van der Waals surface area contributed by atoms with Crippen molar-refractivity contribution in [2.75, 3.05) is 31.7 Å². The summed E-state index contributed by atoms with van der Waals surface area (Å²) in [5.74, 6) is 1.27. The van der Waals surface area contributed by atoms with Gasteiger partial charge in [0.25, 0.3) is 0 Å². The number of halogens is 1. The third-order valence-electron chi connectivity index (χ3n) is 3.52. The van der Waals surface area contributed by atoms with Crippen LogP contribution in [0.5, 0.6) is 0 Å². The summed E-state index contributed by atoms with van der Waals surface area (Å²) in [6.07, 6.45) is 1.23. The first kappa shape index (κ1) is 12.7. The second kappa shape index (κ2) is 5.74. The summed E-state index contributed by atoms with van der Waals surface area (Å²) in [5, 5.41) is 0. The number of hydrogen-bond donors (Lipinski definition) is 0. The molecule has 0 radical (unpaired) electrons. The lowest BCUT2D eigenvalue weighted by Gasteiger charge is -2.20. The first-order valence-corrected chi connectivity index (χ1v) is 6.67. The van der Waals surface area contributed by atoms with E-state index in [9.17, 15) is 0 Å². The van der Waals surface area contributed by atoms with Gasteiger partial charge in [-0.2, -0.15) is 0 Å². The van der Waals surface area contributed by atoms with Gasteiger partial charge in [-0.1, -0.05) is 6.07 Å². The van der Waals surface area contributed by atoms with Crippen LogP contribution >= 0.6 is 11.6 Å². The van der Waals surface area contributed by atoms with Crippen molar-refractivity contribution in [2.45, 2.75) is 19.2 Å². The lowest BCUT2D eigenvalue weighted by atomic mass is 10.1. The molecular formula is C14H20ClNO. The minimum atomic E-state index is 0.596. The van der Waals surface area contributed by atoms with Gasteiger partial charge in [0.1, 0.15) is 0 Å². The van der Waals surface area contributed by atoms with Gasteiger partial charge in [0.2, 0.25) is 0 Å². The van der Waals surface area contributed by atoms with Crippen LogP contribution in [-0.4, -0.2) is 26.8 Å². The Morgan fingerprint density at radius 3 is 2.94 bits per heavy atom. The largest absolute Gasteiger partial charge is 0.384 e. The first-order chi connectivity index (χ1) is 8.24. The summed E-state index contributed by atoms with van der Waals surface area (Å²) >= 11 is 5.88. The molecule has 0 saturated carbocycles. The van der Waals surface area contributed by atoms with E-state index in [1.807, 2.05) is 0 Å². The van der Waals surface area contributed by atoms with Crippen molar-refractivity contribution in [3.05, 3.63) is 29.3 Å². The highest BCUT2D eigenvalue weighted by Gasteiger charge is 2.22. The Bertz CT molecular complexity index is 380. The molecular weight excluding hydrogens is 234 g/mol. The van der Waals surface area contributed by atoms with Gasteiger partial charge in [0.15, 0.2) is 0 Å². The molecule has 2 nitrogen and oxygen atoms in total. The zero-order valence-corrected chi connectivity index (χ0v) is 11.3. The minimum Gasteiger partial charge on any atom is -0.384 e. The van der Waals surface area contributed by atoms with Crippen LogP contribution in [0.3, 0.4) is 0 Å². The van der Waals surface area contributed by atoms with Crippen LogP contribution in [-0.2, 0) is 10.6 Å². The Balaban J connectivity index is 2.06. The maximum absolute atomic E-state index is 5.88. The van der Waals surface area contributed by atoms with Gasteiger partial charge < -0.3 is 9.64 Å². The maximum Gasteiger partial charge on any atom is 0.0508 e. The van der Waals surface area contributed by atoms with Crippen molar-refractivity contribution in [1.29, 1.82) is 0 Å². The predicted molar refractivity (Wildman–Crippen MR) is 72.9 cm³/mol. The highest BCUT2D eigenvalue weighted by atomic mass is 35.5. The molecule has 1 aromatic rings. The van der Waals surface area contributed by atoms with Crippen LogP contribution in [0.4, 0.5) is 5.69 Å². The third-order valence-corrected chi connectivity index (χ3v) is 3.81. The van der Waals surface area contributed by atoms with E-state index in [-0.39, 0.29) is 0 Å². The zero-order chi connectivity index (χ0) is 12.3. The second-order valence-electron chi connectivity index (χ2n) is 4.80. The van der Waals surface area contributed by atoms with Crippen LogP contribution in [0.2, 0.25) is 0 Å². The van der Waals surface area contributed by atoms with E-state index in [0.717, 1.165) is 19.7 Å². The molecule has 94 valence electrons. The Labute approximate surface area is 109 Å². The van der Waals surface area contributed by atoms with Gasteiger partial charge >= 0.3 is 0 Å². The van der Waals surface area contributed by atoms with Crippen molar-refractivity contribution in [1.82, 2.24) is 0 Å². The van der Waals surface area contributed by atoms with Crippen LogP contribution in [0, 0.1) is 12.8 Å². The molecule has 0 bridgehead atoms. The van der Waals surface area contributed by atoms with Gasteiger partial charge in [-0.05, 0) is 36.6 Å². The van der Waals surface area contributed by atoms with E-state index < -0.39 is 0 Å². The first-order valence-electron chi connectivity index (χ1n) is 6.14. The molecule has 1 heterocycles. The molecule has 1 atom stereocenters. The lowest BCUT2D eigenvalue weighted by Crippen LogP contribution is -2.21. The molecule has 3 heteroatoms. The number of alkyl halides is 1. The minimum absolute atomic E-state index is 0.596. The highest BCUT2D eigenvalue weighted by Crippen LogP contribution is 2.26. The fraction of sp³-hybridized carbons (Fsp3) is 0.571. The van der Waals surface area contributed by atoms with Gasteiger partial charge in [-0.15, -0.1) is 11.6 Å². The van der Waals surface area contributed by atoms with Crippen LogP contribution in [0.1, 0.15) is 17.5 Å². The summed E-state index contributed by atoms with van der Waals surface area (Å²) in [6.45, 7) is 5.24. The quantitative estimate of drug-likeness (QED) is 0.764. The predicted octanol–water partition coefficient (Wildman–Crippen LogP) is 3.21. The van der Waals surface area contributed by atoms with Gasteiger partial charge in [-0.3, -0.25) is 0 Å². The Morgan fingerprint density at radius 2 is 2.29 bits per heavy atom. The fourth-order valence-corrected chi connectivity index (χ4v) is 2.77. The molecule has 1 aliphatic heterocycles. The van der Waals surface area contributed by atoms with Gasteiger partial charge in [0, 0.05) is 37.7 Å². The Morgan fingerprint density at radius 1 is 1.47 bits per heavy atom. The summed E-state index contributed by atoms with van der Waals surface area (Å²) in [7, 11) is 1.78. The van der Waals surface area contributed by atoms with Crippen molar-refractivity contribution in [2.24, 2.45) is 5.92 Å².